The third-order valence-electron chi connectivity index (χ3n) is 2.71. The number of phenols is 1. The number of hydrogen-bond donors (Lipinski definition) is 2. The first-order valence-corrected chi connectivity index (χ1v) is 6.88. The molecule has 0 atom stereocenters. The van der Waals surface area contributed by atoms with E-state index in [4.69, 9.17) is 21.4 Å². The van der Waals surface area contributed by atoms with Crippen LogP contribution in [0.3, 0.4) is 0 Å². The van der Waals surface area contributed by atoms with Gasteiger partial charge in [0.1, 0.15) is 29.5 Å². The van der Waals surface area contributed by atoms with E-state index in [1.165, 1.54) is 24.3 Å². The minimum Gasteiger partial charge on any atom is -0.506 e. The van der Waals surface area contributed by atoms with Gasteiger partial charge >= 0.3 is 5.97 Å². The van der Waals surface area contributed by atoms with E-state index >= 15 is 0 Å². The van der Waals surface area contributed by atoms with Crippen LogP contribution >= 0.6 is 27.5 Å². The van der Waals surface area contributed by atoms with Crippen molar-refractivity contribution in [1.82, 2.24) is 0 Å². The van der Waals surface area contributed by atoms with Crippen molar-refractivity contribution in [2.24, 2.45) is 0 Å². The molecule has 0 heterocycles. The second-order valence-corrected chi connectivity index (χ2v) is 5.36. The second-order valence-electron chi connectivity index (χ2n) is 4.10. The van der Waals surface area contributed by atoms with Crippen molar-refractivity contribution in [2.75, 3.05) is 0 Å². The Kier molecular flexibility index (Phi) is 4.69. The third kappa shape index (κ3) is 3.46. The minimum atomic E-state index is -1.30. The third-order valence-corrected chi connectivity index (χ3v) is 3.67. The van der Waals surface area contributed by atoms with Gasteiger partial charge in [-0.05, 0) is 40.2 Å². The molecule has 2 aromatic carbocycles. The zero-order valence-electron chi connectivity index (χ0n) is 10.4. The fourth-order valence-corrected chi connectivity index (χ4v) is 2.30. The first-order valence-electron chi connectivity index (χ1n) is 5.71. The monoisotopic (exact) mass is 374 g/mol. The van der Waals surface area contributed by atoms with E-state index in [-0.39, 0.29) is 33.0 Å². The molecule has 0 aromatic heterocycles. The van der Waals surface area contributed by atoms with Gasteiger partial charge in [-0.3, -0.25) is 0 Å². The van der Waals surface area contributed by atoms with Gasteiger partial charge in [0.05, 0.1) is 9.50 Å². The van der Waals surface area contributed by atoms with Crippen LogP contribution in [-0.2, 0) is 6.61 Å². The number of benzene rings is 2. The quantitative estimate of drug-likeness (QED) is 0.839. The van der Waals surface area contributed by atoms with E-state index in [1.807, 2.05) is 0 Å². The Morgan fingerprint density at radius 2 is 2.10 bits per heavy atom. The summed E-state index contributed by atoms with van der Waals surface area (Å²) >= 11 is 8.90. The number of carboxylic acids is 1. The van der Waals surface area contributed by atoms with E-state index in [0.29, 0.717) is 0 Å². The van der Waals surface area contributed by atoms with Crippen molar-refractivity contribution < 1.29 is 24.1 Å². The Morgan fingerprint density at radius 1 is 1.38 bits per heavy atom. The molecule has 0 fully saturated rings. The molecule has 0 unspecified atom stereocenters. The maximum Gasteiger partial charge on any atom is 0.339 e. The number of rotatable bonds is 4. The summed E-state index contributed by atoms with van der Waals surface area (Å²) in [6.45, 7) is -0.165. The highest BCUT2D eigenvalue weighted by atomic mass is 79.9. The Labute approximate surface area is 132 Å². The summed E-state index contributed by atoms with van der Waals surface area (Å²) in [5.74, 6) is -2.06. The largest absolute Gasteiger partial charge is 0.506 e. The predicted molar refractivity (Wildman–Crippen MR) is 78.5 cm³/mol. The summed E-state index contributed by atoms with van der Waals surface area (Å²) in [5, 5.41) is 18.8. The highest BCUT2D eigenvalue weighted by molar-refractivity contribution is 9.10. The van der Waals surface area contributed by atoms with E-state index in [0.717, 1.165) is 6.07 Å². The number of carboxylic acid groups (broad SMARTS) is 1. The lowest BCUT2D eigenvalue weighted by Crippen LogP contribution is -2.02. The SMILES string of the molecule is O=C(O)c1cc(OCc2c(F)cccc2Cl)cc(Br)c1O. The Balaban J connectivity index is 2.27. The van der Waals surface area contributed by atoms with Gasteiger partial charge in [0.2, 0.25) is 0 Å². The molecule has 4 nitrogen and oxygen atoms in total. The van der Waals surface area contributed by atoms with E-state index < -0.39 is 17.5 Å². The van der Waals surface area contributed by atoms with Gasteiger partial charge < -0.3 is 14.9 Å². The molecule has 110 valence electrons. The molecule has 0 amide bonds. The molecule has 2 N–H and O–H groups in total. The van der Waals surface area contributed by atoms with Crippen molar-refractivity contribution in [3.8, 4) is 11.5 Å². The molecule has 0 saturated carbocycles. The lowest BCUT2D eigenvalue weighted by molar-refractivity contribution is 0.0693. The van der Waals surface area contributed by atoms with Crippen molar-refractivity contribution in [2.45, 2.75) is 6.61 Å². The van der Waals surface area contributed by atoms with Gasteiger partial charge in [0.25, 0.3) is 0 Å². The van der Waals surface area contributed by atoms with Crippen molar-refractivity contribution in [1.29, 1.82) is 0 Å². The standard InChI is InChI=1S/C14H9BrClFO4/c15-10-5-7(4-8(13(10)18)14(19)20)21-6-9-11(16)2-1-3-12(9)17/h1-5,18H,6H2,(H,19,20). The first kappa shape index (κ1) is 15.6. The van der Waals surface area contributed by atoms with Crippen LogP contribution in [0.4, 0.5) is 4.39 Å². The van der Waals surface area contributed by atoms with Gasteiger partial charge in [-0.2, -0.15) is 0 Å². The average Bonchev–Trinajstić information content (AvgIpc) is 2.41. The molecule has 7 heteroatoms. The van der Waals surface area contributed by atoms with E-state index in [2.05, 4.69) is 15.9 Å². The summed E-state index contributed by atoms with van der Waals surface area (Å²) in [7, 11) is 0. The van der Waals surface area contributed by atoms with Crippen LogP contribution in [0.2, 0.25) is 5.02 Å². The number of carbonyl (C=O) groups is 1. The first-order chi connectivity index (χ1) is 9.90. The molecule has 0 spiro atoms. The zero-order valence-corrected chi connectivity index (χ0v) is 12.8. The van der Waals surface area contributed by atoms with Gasteiger partial charge in [0, 0.05) is 5.56 Å². The number of aromatic carboxylic acids is 1. The highest BCUT2D eigenvalue weighted by Gasteiger charge is 2.15. The number of hydrogen-bond acceptors (Lipinski definition) is 3. The maximum atomic E-state index is 13.6. The van der Waals surface area contributed by atoms with Crippen LogP contribution in [0.1, 0.15) is 15.9 Å². The Morgan fingerprint density at radius 3 is 2.71 bits per heavy atom. The summed E-state index contributed by atoms with van der Waals surface area (Å²) in [5.41, 5.74) is -0.153. The van der Waals surface area contributed by atoms with Gasteiger partial charge in [-0.15, -0.1) is 0 Å². The lowest BCUT2D eigenvalue weighted by Gasteiger charge is -2.11. The summed E-state index contributed by atoms with van der Waals surface area (Å²) in [4.78, 5) is 11.0. The molecule has 0 aliphatic rings. The molecule has 0 aliphatic carbocycles. The molecular weight excluding hydrogens is 367 g/mol. The van der Waals surface area contributed by atoms with Crippen LogP contribution in [0, 0.1) is 5.82 Å². The van der Waals surface area contributed by atoms with Crippen LogP contribution in [0.25, 0.3) is 0 Å². The smallest absolute Gasteiger partial charge is 0.339 e. The molecular formula is C14H9BrClFO4. The molecule has 0 aliphatic heterocycles. The van der Waals surface area contributed by atoms with Crippen LogP contribution in [0.15, 0.2) is 34.8 Å². The second kappa shape index (κ2) is 6.32. The molecule has 2 aromatic rings. The maximum absolute atomic E-state index is 13.6. The number of ether oxygens (including phenoxy) is 1. The minimum absolute atomic E-state index is 0.163. The summed E-state index contributed by atoms with van der Waals surface area (Å²) in [6.07, 6.45) is 0. The van der Waals surface area contributed by atoms with Crippen molar-refractivity contribution in [3.05, 3.63) is 56.8 Å². The molecule has 0 bridgehead atoms. The van der Waals surface area contributed by atoms with E-state index in [9.17, 15) is 14.3 Å². The topological polar surface area (TPSA) is 66.8 Å². The molecule has 0 radical (unpaired) electrons. The highest BCUT2D eigenvalue weighted by Crippen LogP contribution is 2.33. The fraction of sp³-hybridized carbons (Fsp3) is 0.0714. The van der Waals surface area contributed by atoms with Gasteiger partial charge in [-0.25, -0.2) is 9.18 Å². The molecule has 21 heavy (non-hydrogen) atoms. The molecule has 0 saturated heterocycles. The fourth-order valence-electron chi connectivity index (χ4n) is 1.65. The number of halogens is 3. The number of aromatic hydroxyl groups is 1. The van der Waals surface area contributed by atoms with Gasteiger partial charge in [-0.1, -0.05) is 17.7 Å². The normalized spacial score (nSPS) is 10.4. The lowest BCUT2D eigenvalue weighted by atomic mass is 10.2. The van der Waals surface area contributed by atoms with Crippen LogP contribution < -0.4 is 4.74 Å². The van der Waals surface area contributed by atoms with Crippen molar-refractivity contribution >= 4 is 33.5 Å². The Bertz CT molecular complexity index is 685. The zero-order chi connectivity index (χ0) is 15.6. The molecule has 2 rings (SSSR count). The van der Waals surface area contributed by atoms with Gasteiger partial charge in [0.15, 0.2) is 0 Å². The summed E-state index contributed by atoms with van der Waals surface area (Å²) in [6, 6.07) is 6.78. The van der Waals surface area contributed by atoms with Crippen LogP contribution in [-0.4, -0.2) is 16.2 Å². The van der Waals surface area contributed by atoms with Crippen LogP contribution in [0.5, 0.6) is 11.5 Å². The average molecular weight is 376 g/mol. The Hall–Kier alpha value is -1.79. The summed E-state index contributed by atoms with van der Waals surface area (Å²) < 4.78 is 19.1. The van der Waals surface area contributed by atoms with E-state index in [1.54, 1.807) is 0 Å². The predicted octanol–water partition coefficient (Wildman–Crippen LogP) is 4.22. The van der Waals surface area contributed by atoms with Crippen molar-refractivity contribution in [3.63, 3.8) is 0 Å².